The Morgan fingerprint density at radius 1 is 1.47 bits per heavy atom. The Morgan fingerprint density at radius 2 is 2.24 bits per heavy atom. The van der Waals surface area contributed by atoms with E-state index < -0.39 is 10.0 Å². The van der Waals surface area contributed by atoms with Crippen LogP contribution < -0.4 is 0 Å². The number of aromatic nitrogens is 1. The van der Waals surface area contributed by atoms with Crippen LogP contribution in [-0.4, -0.2) is 37.1 Å². The van der Waals surface area contributed by atoms with E-state index in [0.717, 1.165) is 5.69 Å². The highest BCUT2D eigenvalue weighted by molar-refractivity contribution is 7.89. The summed E-state index contributed by atoms with van der Waals surface area (Å²) in [4.78, 5) is 4.07. The van der Waals surface area contributed by atoms with E-state index >= 15 is 0 Å². The summed E-state index contributed by atoms with van der Waals surface area (Å²) >= 11 is 0. The summed E-state index contributed by atoms with van der Waals surface area (Å²) in [7, 11) is -1.80. The molecule has 0 spiro atoms. The number of pyridine rings is 1. The van der Waals surface area contributed by atoms with Crippen LogP contribution in [0.5, 0.6) is 0 Å². The van der Waals surface area contributed by atoms with E-state index in [1.807, 2.05) is 12.1 Å². The van der Waals surface area contributed by atoms with Crippen LogP contribution in [0.1, 0.15) is 12.1 Å². The Balaban J connectivity index is 2.53. The molecular weight excluding hydrogens is 238 g/mol. The molecule has 0 fully saturated rings. The van der Waals surface area contributed by atoms with Crippen molar-refractivity contribution in [3.05, 3.63) is 30.1 Å². The molecule has 1 aromatic rings. The van der Waals surface area contributed by atoms with Crippen LogP contribution >= 0.6 is 0 Å². The fourth-order valence-electron chi connectivity index (χ4n) is 1.28. The third-order valence-electron chi connectivity index (χ3n) is 2.36. The van der Waals surface area contributed by atoms with Crippen molar-refractivity contribution in [2.45, 2.75) is 12.8 Å². The fourth-order valence-corrected chi connectivity index (χ4v) is 2.43. The Kier molecular flexibility index (Phi) is 5.07. The molecule has 0 aromatic carbocycles. The van der Waals surface area contributed by atoms with Gasteiger partial charge in [0.1, 0.15) is 0 Å². The second-order valence-electron chi connectivity index (χ2n) is 3.62. The highest BCUT2D eigenvalue weighted by atomic mass is 32.2. The molecule has 1 heterocycles. The minimum absolute atomic E-state index is 0.0198. The van der Waals surface area contributed by atoms with Gasteiger partial charge in [0.2, 0.25) is 10.0 Å². The van der Waals surface area contributed by atoms with Crippen LogP contribution in [0.25, 0.3) is 0 Å². The number of sulfonamides is 1. The lowest BCUT2D eigenvalue weighted by molar-refractivity contribution is 0.476. The molecule has 0 N–H and O–H groups in total. The molecule has 0 unspecified atom stereocenters. The number of aryl methyl sites for hydroxylation is 1. The SMILES string of the molecule is CN(CCC#N)S(=O)(=O)CCc1ccccn1. The van der Waals surface area contributed by atoms with E-state index in [1.54, 1.807) is 18.3 Å². The smallest absolute Gasteiger partial charge is 0.214 e. The number of nitrogens with zero attached hydrogens (tertiary/aromatic N) is 3. The molecule has 1 aromatic heterocycles. The highest BCUT2D eigenvalue weighted by Gasteiger charge is 2.17. The molecule has 1 rings (SSSR count). The Bertz CT molecular complexity index is 479. The monoisotopic (exact) mass is 253 g/mol. The van der Waals surface area contributed by atoms with Gasteiger partial charge < -0.3 is 0 Å². The molecule has 0 saturated carbocycles. The second-order valence-corrected chi connectivity index (χ2v) is 5.81. The molecule has 0 saturated heterocycles. The first kappa shape index (κ1) is 13.6. The molecule has 17 heavy (non-hydrogen) atoms. The molecule has 0 aliphatic carbocycles. The Morgan fingerprint density at radius 3 is 2.82 bits per heavy atom. The Labute approximate surface area is 102 Å². The van der Waals surface area contributed by atoms with Crippen LogP contribution in [-0.2, 0) is 16.4 Å². The first-order valence-corrected chi connectivity index (χ1v) is 6.88. The van der Waals surface area contributed by atoms with Crippen LogP contribution in [0.3, 0.4) is 0 Å². The van der Waals surface area contributed by atoms with Gasteiger partial charge in [0.25, 0.3) is 0 Å². The second kappa shape index (κ2) is 6.33. The summed E-state index contributed by atoms with van der Waals surface area (Å²) in [5.74, 6) is 0.0198. The number of nitriles is 1. The van der Waals surface area contributed by atoms with E-state index in [2.05, 4.69) is 4.98 Å². The third kappa shape index (κ3) is 4.51. The zero-order valence-electron chi connectivity index (χ0n) is 9.70. The first-order chi connectivity index (χ1) is 8.06. The molecule has 0 radical (unpaired) electrons. The van der Waals surface area contributed by atoms with Crippen molar-refractivity contribution in [2.24, 2.45) is 0 Å². The van der Waals surface area contributed by atoms with E-state index in [0.29, 0.717) is 6.42 Å². The molecule has 0 aliphatic heterocycles. The maximum Gasteiger partial charge on any atom is 0.214 e. The zero-order chi connectivity index (χ0) is 12.7. The minimum atomic E-state index is -3.29. The third-order valence-corrected chi connectivity index (χ3v) is 4.21. The zero-order valence-corrected chi connectivity index (χ0v) is 10.5. The van der Waals surface area contributed by atoms with Gasteiger partial charge >= 0.3 is 0 Å². The highest BCUT2D eigenvalue weighted by Crippen LogP contribution is 2.03. The Hall–Kier alpha value is -1.45. The maximum atomic E-state index is 11.8. The molecule has 5 nitrogen and oxygen atoms in total. The van der Waals surface area contributed by atoms with Crippen molar-refractivity contribution in [1.82, 2.24) is 9.29 Å². The predicted octanol–water partition coefficient (Wildman–Crippen LogP) is 0.799. The first-order valence-electron chi connectivity index (χ1n) is 5.27. The van der Waals surface area contributed by atoms with Gasteiger partial charge in [-0.1, -0.05) is 6.07 Å². The maximum absolute atomic E-state index is 11.8. The van der Waals surface area contributed by atoms with Crippen molar-refractivity contribution in [2.75, 3.05) is 19.3 Å². The standard InChI is InChI=1S/C11H15N3O2S/c1-14(9-4-7-12)17(15,16)10-6-11-5-2-3-8-13-11/h2-3,5,8H,4,6,9-10H2,1H3. The average molecular weight is 253 g/mol. The van der Waals surface area contributed by atoms with Gasteiger partial charge in [-0.2, -0.15) is 5.26 Å². The quantitative estimate of drug-likeness (QED) is 0.751. The molecule has 92 valence electrons. The normalized spacial score (nSPS) is 11.4. The number of rotatable bonds is 6. The van der Waals surface area contributed by atoms with E-state index in [4.69, 9.17) is 5.26 Å². The van der Waals surface area contributed by atoms with Crippen molar-refractivity contribution < 1.29 is 8.42 Å². The lowest BCUT2D eigenvalue weighted by Gasteiger charge is -2.15. The summed E-state index contributed by atoms with van der Waals surface area (Å²) in [5, 5.41) is 8.41. The van der Waals surface area contributed by atoms with Gasteiger partial charge in [-0.15, -0.1) is 0 Å². The van der Waals surface area contributed by atoms with Gasteiger partial charge in [-0.3, -0.25) is 4.98 Å². The molecular formula is C11H15N3O2S. The van der Waals surface area contributed by atoms with E-state index in [-0.39, 0.29) is 18.7 Å². The van der Waals surface area contributed by atoms with Crippen LogP contribution in [0.2, 0.25) is 0 Å². The van der Waals surface area contributed by atoms with Gasteiger partial charge in [0, 0.05) is 38.3 Å². The summed E-state index contributed by atoms with van der Waals surface area (Å²) in [6.45, 7) is 0.237. The predicted molar refractivity (Wildman–Crippen MR) is 64.6 cm³/mol. The molecule has 0 bridgehead atoms. The van der Waals surface area contributed by atoms with Crippen molar-refractivity contribution in [1.29, 1.82) is 5.26 Å². The van der Waals surface area contributed by atoms with Crippen molar-refractivity contribution >= 4 is 10.0 Å². The average Bonchev–Trinajstić information content (AvgIpc) is 2.35. The lowest BCUT2D eigenvalue weighted by atomic mass is 10.3. The number of hydrogen-bond donors (Lipinski definition) is 0. The molecule has 0 atom stereocenters. The van der Waals surface area contributed by atoms with Crippen molar-refractivity contribution in [3.63, 3.8) is 0 Å². The summed E-state index contributed by atoms with van der Waals surface area (Å²) in [5.41, 5.74) is 0.754. The van der Waals surface area contributed by atoms with Gasteiger partial charge in [0.15, 0.2) is 0 Å². The number of hydrogen-bond acceptors (Lipinski definition) is 4. The van der Waals surface area contributed by atoms with E-state index in [9.17, 15) is 8.42 Å². The summed E-state index contributed by atoms with van der Waals surface area (Å²) in [6, 6.07) is 7.34. The molecule has 0 aliphatic rings. The minimum Gasteiger partial charge on any atom is -0.261 e. The topological polar surface area (TPSA) is 74.1 Å². The fraction of sp³-hybridized carbons (Fsp3) is 0.455. The van der Waals surface area contributed by atoms with Crippen LogP contribution in [0, 0.1) is 11.3 Å². The summed E-state index contributed by atoms with van der Waals surface area (Å²) < 4.78 is 24.8. The molecule has 0 amide bonds. The van der Waals surface area contributed by atoms with Crippen LogP contribution in [0.4, 0.5) is 0 Å². The summed E-state index contributed by atoms with van der Waals surface area (Å²) in [6.07, 6.45) is 2.24. The largest absolute Gasteiger partial charge is 0.261 e. The van der Waals surface area contributed by atoms with Crippen LogP contribution in [0.15, 0.2) is 24.4 Å². The van der Waals surface area contributed by atoms with Gasteiger partial charge in [-0.25, -0.2) is 12.7 Å². The van der Waals surface area contributed by atoms with Gasteiger partial charge in [0.05, 0.1) is 11.8 Å². The lowest BCUT2D eigenvalue weighted by Crippen LogP contribution is -2.30. The molecule has 6 heteroatoms. The van der Waals surface area contributed by atoms with Gasteiger partial charge in [-0.05, 0) is 12.1 Å². The van der Waals surface area contributed by atoms with E-state index in [1.165, 1.54) is 11.4 Å². The van der Waals surface area contributed by atoms with Crippen molar-refractivity contribution in [3.8, 4) is 6.07 Å².